The zero-order valence-electron chi connectivity index (χ0n) is 7.99. The van der Waals surface area contributed by atoms with Crippen LogP contribution in [-0.2, 0) is 0 Å². The topological polar surface area (TPSA) is 48.0 Å². The van der Waals surface area contributed by atoms with Crippen LogP contribution in [-0.4, -0.2) is 16.7 Å². The average Bonchev–Trinajstić information content (AvgIpc) is 2.62. The molecule has 1 rings (SSSR count). The zero-order chi connectivity index (χ0) is 9.07. The Balaban J connectivity index is 0. The van der Waals surface area contributed by atoms with Gasteiger partial charge in [0.2, 0.25) is 0 Å². The minimum Gasteiger partial charge on any atom is -0.368 e. The monoisotopic (exact) mass is 190 g/mol. The molecule has 0 bridgehead atoms. The predicted molar refractivity (Wildman–Crippen MR) is 52.6 cm³/mol. The van der Waals surface area contributed by atoms with Crippen LogP contribution in [0, 0.1) is 0 Å². The second-order valence-electron chi connectivity index (χ2n) is 2.50. The Morgan fingerprint density at radius 1 is 1.23 bits per heavy atom. The van der Waals surface area contributed by atoms with Crippen molar-refractivity contribution in [3.05, 3.63) is 24.5 Å². The number of halogens is 1. The van der Waals surface area contributed by atoms with Gasteiger partial charge in [-0.2, -0.15) is 0 Å². The number of hydrogen-bond acceptors (Lipinski definition) is 2. The zero-order valence-corrected chi connectivity index (χ0v) is 7.99. The van der Waals surface area contributed by atoms with E-state index in [0.717, 1.165) is 13.0 Å². The minimum absolute atomic E-state index is 0. The predicted octanol–water partition coefficient (Wildman–Crippen LogP) is 2.32. The SMILES string of the molecule is CCCCCNO.F.c1cc[nH]c1. The van der Waals surface area contributed by atoms with Crippen LogP contribution < -0.4 is 5.48 Å². The molecule has 0 spiro atoms. The molecule has 4 heteroatoms. The van der Waals surface area contributed by atoms with Crippen molar-refractivity contribution in [2.24, 2.45) is 0 Å². The number of rotatable bonds is 4. The molecule has 1 heterocycles. The van der Waals surface area contributed by atoms with Gasteiger partial charge in [0.05, 0.1) is 0 Å². The van der Waals surface area contributed by atoms with Crippen LogP contribution in [0.15, 0.2) is 24.5 Å². The Hall–Kier alpha value is -0.870. The van der Waals surface area contributed by atoms with E-state index in [4.69, 9.17) is 5.21 Å². The molecule has 0 aliphatic rings. The summed E-state index contributed by atoms with van der Waals surface area (Å²) in [6, 6.07) is 3.89. The molecule has 3 N–H and O–H groups in total. The molecule has 0 saturated carbocycles. The standard InChI is InChI=1S/C5H13NO.C4H5N.FH/c1-2-3-4-5-6-7;1-2-4-5-3-1;/h6-7H,2-5H2,1H3;1-5H;1H. The first-order valence-electron chi connectivity index (χ1n) is 4.36. The van der Waals surface area contributed by atoms with E-state index in [1.54, 1.807) is 0 Å². The van der Waals surface area contributed by atoms with Crippen LogP contribution in [0.5, 0.6) is 0 Å². The molecule has 0 unspecified atom stereocenters. The Bertz CT molecular complexity index is 124. The van der Waals surface area contributed by atoms with Crippen LogP contribution in [0.4, 0.5) is 4.70 Å². The lowest BCUT2D eigenvalue weighted by molar-refractivity contribution is 0.165. The van der Waals surface area contributed by atoms with Crippen LogP contribution in [0.25, 0.3) is 0 Å². The number of H-pyrrole nitrogens is 1. The van der Waals surface area contributed by atoms with Crippen molar-refractivity contribution in [1.29, 1.82) is 0 Å². The fourth-order valence-electron chi connectivity index (χ4n) is 0.732. The summed E-state index contributed by atoms with van der Waals surface area (Å²) < 4.78 is 0. The van der Waals surface area contributed by atoms with Gasteiger partial charge in [-0.3, -0.25) is 4.70 Å². The van der Waals surface area contributed by atoms with Gasteiger partial charge in [-0.15, -0.1) is 0 Å². The fraction of sp³-hybridized carbons (Fsp3) is 0.556. The number of nitrogens with one attached hydrogen (secondary N) is 2. The highest BCUT2D eigenvalue weighted by atomic mass is 19.0. The molecule has 13 heavy (non-hydrogen) atoms. The molecule has 0 fully saturated rings. The molecule has 1 aromatic heterocycles. The molecule has 0 aliphatic carbocycles. The summed E-state index contributed by atoms with van der Waals surface area (Å²) in [7, 11) is 0. The lowest BCUT2D eigenvalue weighted by atomic mass is 10.3. The summed E-state index contributed by atoms with van der Waals surface area (Å²) in [5.41, 5.74) is 2.10. The Morgan fingerprint density at radius 3 is 2.15 bits per heavy atom. The third kappa shape index (κ3) is 14.0. The summed E-state index contributed by atoms with van der Waals surface area (Å²) in [6.07, 6.45) is 7.24. The smallest absolute Gasteiger partial charge is 0.0207 e. The highest BCUT2D eigenvalue weighted by molar-refractivity contribution is 4.84. The maximum absolute atomic E-state index is 8.04. The highest BCUT2D eigenvalue weighted by Gasteiger charge is 1.79. The molecule has 0 saturated heterocycles. The Kier molecular flexibility index (Phi) is 15.4. The molecule has 0 aliphatic heterocycles. The summed E-state index contributed by atoms with van der Waals surface area (Å²) in [4.78, 5) is 2.86. The summed E-state index contributed by atoms with van der Waals surface area (Å²) in [5, 5.41) is 8.04. The molecule has 3 nitrogen and oxygen atoms in total. The first kappa shape index (κ1) is 14.6. The molecule has 1 aromatic rings. The van der Waals surface area contributed by atoms with E-state index < -0.39 is 0 Å². The van der Waals surface area contributed by atoms with Crippen molar-refractivity contribution in [3.8, 4) is 0 Å². The maximum atomic E-state index is 8.04. The number of hydrogen-bond donors (Lipinski definition) is 3. The van der Waals surface area contributed by atoms with Gasteiger partial charge < -0.3 is 10.2 Å². The van der Waals surface area contributed by atoms with Crippen molar-refractivity contribution in [3.63, 3.8) is 0 Å². The number of aromatic amines is 1. The van der Waals surface area contributed by atoms with Crippen LogP contribution in [0.3, 0.4) is 0 Å². The van der Waals surface area contributed by atoms with Crippen molar-refractivity contribution in [2.45, 2.75) is 26.2 Å². The third-order valence-electron chi connectivity index (χ3n) is 1.39. The Morgan fingerprint density at radius 2 is 1.85 bits per heavy atom. The molecule has 0 radical (unpaired) electrons. The van der Waals surface area contributed by atoms with Crippen LogP contribution >= 0.6 is 0 Å². The van der Waals surface area contributed by atoms with Gasteiger partial charge in [0.1, 0.15) is 0 Å². The fourth-order valence-corrected chi connectivity index (χ4v) is 0.732. The molecular weight excluding hydrogens is 171 g/mol. The number of unbranched alkanes of at least 4 members (excludes halogenated alkanes) is 2. The second-order valence-corrected chi connectivity index (χ2v) is 2.50. The summed E-state index contributed by atoms with van der Waals surface area (Å²) >= 11 is 0. The van der Waals surface area contributed by atoms with Gasteiger partial charge in [-0.1, -0.05) is 19.8 Å². The van der Waals surface area contributed by atoms with Crippen molar-refractivity contribution >= 4 is 0 Å². The minimum atomic E-state index is 0. The molecule has 78 valence electrons. The maximum Gasteiger partial charge on any atom is 0.0207 e. The van der Waals surface area contributed by atoms with Gasteiger partial charge in [0, 0.05) is 18.9 Å². The van der Waals surface area contributed by atoms with E-state index in [1.165, 1.54) is 12.8 Å². The lowest BCUT2D eigenvalue weighted by Crippen LogP contribution is -2.07. The molecule has 0 atom stereocenters. The van der Waals surface area contributed by atoms with Gasteiger partial charge in [0.15, 0.2) is 0 Å². The van der Waals surface area contributed by atoms with Crippen LogP contribution in [0.2, 0.25) is 0 Å². The van der Waals surface area contributed by atoms with Gasteiger partial charge in [0.25, 0.3) is 0 Å². The molecule has 0 aromatic carbocycles. The highest BCUT2D eigenvalue weighted by Crippen LogP contribution is 1.89. The number of hydroxylamine groups is 1. The van der Waals surface area contributed by atoms with Crippen LogP contribution in [0.1, 0.15) is 26.2 Å². The average molecular weight is 190 g/mol. The van der Waals surface area contributed by atoms with E-state index in [1.807, 2.05) is 24.5 Å². The second kappa shape index (κ2) is 13.7. The van der Waals surface area contributed by atoms with Gasteiger partial charge in [-0.25, -0.2) is 5.48 Å². The van der Waals surface area contributed by atoms with E-state index in [9.17, 15) is 0 Å². The summed E-state index contributed by atoms with van der Waals surface area (Å²) in [5.74, 6) is 0. The van der Waals surface area contributed by atoms with E-state index >= 15 is 0 Å². The largest absolute Gasteiger partial charge is 0.368 e. The van der Waals surface area contributed by atoms with E-state index in [-0.39, 0.29) is 4.70 Å². The Labute approximate surface area is 78.5 Å². The normalized spacial score (nSPS) is 8.15. The molecular formula is C9H19FN2O. The van der Waals surface area contributed by atoms with Gasteiger partial charge >= 0.3 is 0 Å². The lowest BCUT2D eigenvalue weighted by Gasteiger charge is -1.92. The number of aromatic nitrogens is 1. The summed E-state index contributed by atoms with van der Waals surface area (Å²) in [6.45, 7) is 2.87. The van der Waals surface area contributed by atoms with E-state index in [2.05, 4.69) is 17.4 Å². The third-order valence-corrected chi connectivity index (χ3v) is 1.39. The van der Waals surface area contributed by atoms with E-state index in [0.29, 0.717) is 0 Å². The van der Waals surface area contributed by atoms with Gasteiger partial charge in [-0.05, 0) is 18.6 Å². The van der Waals surface area contributed by atoms with Crippen molar-refractivity contribution in [1.82, 2.24) is 10.5 Å². The quantitative estimate of drug-likeness (QED) is 0.504. The van der Waals surface area contributed by atoms with Crippen molar-refractivity contribution < 1.29 is 9.91 Å². The van der Waals surface area contributed by atoms with Crippen molar-refractivity contribution in [2.75, 3.05) is 6.54 Å². The first-order chi connectivity index (χ1) is 5.91. The molecule has 0 amide bonds. The first-order valence-corrected chi connectivity index (χ1v) is 4.36.